The summed E-state index contributed by atoms with van der Waals surface area (Å²) in [6.07, 6.45) is 4.42. The number of hydroxylamine groups is 1. The molecule has 1 atom stereocenters. The summed E-state index contributed by atoms with van der Waals surface area (Å²) in [6.45, 7) is 0.768. The Hall–Kier alpha value is -3.64. The summed E-state index contributed by atoms with van der Waals surface area (Å²) in [5.41, 5.74) is 6.75. The number of fused-ring (bicyclic) bond motifs is 1. The number of carbonyl (C=O) groups is 1. The van der Waals surface area contributed by atoms with Gasteiger partial charge in [0.2, 0.25) is 0 Å². The lowest BCUT2D eigenvalue weighted by Crippen LogP contribution is -2.36. The molecule has 0 spiro atoms. The van der Waals surface area contributed by atoms with Gasteiger partial charge < -0.3 is 10.0 Å². The highest BCUT2D eigenvalue weighted by Gasteiger charge is 2.28. The van der Waals surface area contributed by atoms with Gasteiger partial charge >= 0.3 is 0 Å². The van der Waals surface area contributed by atoms with E-state index in [-0.39, 0.29) is 17.6 Å². The van der Waals surface area contributed by atoms with Gasteiger partial charge in [-0.2, -0.15) is 0 Å². The lowest BCUT2D eigenvalue weighted by atomic mass is 9.88. The Morgan fingerprint density at radius 1 is 1.10 bits per heavy atom. The quantitative estimate of drug-likeness (QED) is 0.326. The van der Waals surface area contributed by atoms with Crippen molar-refractivity contribution in [1.29, 1.82) is 0 Å². The summed E-state index contributed by atoms with van der Waals surface area (Å²) in [6, 6.07) is 19.9. The molecule has 3 N–H and O–H groups in total. The molecule has 0 fully saturated rings. The van der Waals surface area contributed by atoms with Crippen molar-refractivity contribution >= 4 is 17.7 Å². The predicted octanol–water partition coefficient (Wildman–Crippen LogP) is 4.40. The second-order valence-corrected chi connectivity index (χ2v) is 7.57. The second-order valence-electron chi connectivity index (χ2n) is 7.57. The molecule has 1 amide bonds. The molecule has 4 rings (SSSR count). The lowest BCUT2D eigenvalue weighted by molar-refractivity contribution is -0.124. The van der Waals surface area contributed by atoms with Crippen LogP contribution in [0.5, 0.6) is 5.75 Å². The van der Waals surface area contributed by atoms with E-state index in [0.717, 1.165) is 47.3 Å². The summed E-state index contributed by atoms with van der Waals surface area (Å²) < 4.78 is 13.5. The van der Waals surface area contributed by atoms with E-state index in [2.05, 4.69) is 4.90 Å². The molecule has 1 heterocycles. The first-order chi connectivity index (χ1) is 15.0. The summed E-state index contributed by atoms with van der Waals surface area (Å²) in [5, 5.41) is 18.5. The van der Waals surface area contributed by atoms with Crippen LogP contribution < -0.4 is 10.4 Å². The van der Waals surface area contributed by atoms with E-state index in [1.54, 1.807) is 29.8 Å². The number of anilines is 1. The van der Waals surface area contributed by atoms with Crippen molar-refractivity contribution in [3.63, 3.8) is 0 Å². The summed E-state index contributed by atoms with van der Waals surface area (Å²) in [4.78, 5) is 13.4. The fourth-order valence-electron chi connectivity index (χ4n) is 4.06. The molecule has 31 heavy (non-hydrogen) atoms. The van der Waals surface area contributed by atoms with Crippen molar-refractivity contribution in [3.8, 4) is 5.75 Å². The average molecular weight is 418 g/mol. The van der Waals surface area contributed by atoms with Crippen LogP contribution >= 0.6 is 0 Å². The Morgan fingerprint density at radius 2 is 1.84 bits per heavy atom. The van der Waals surface area contributed by atoms with Gasteiger partial charge in [0.25, 0.3) is 5.91 Å². The molecule has 3 aromatic rings. The molecule has 0 aromatic heterocycles. The molecule has 158 valence electrons. The van der Waals surface area contributed by atoms with Crippen molar-refractivity contribution in [1.82, 2.24) is 5.48 Å². The van der Waals surface area contributed by atoms with Gasteiger partial charge in [-0.25, -0.2) is 9.87 Å². The number of nitrogens with zero attached hydrogens (tertiary/aromatic N) is 1. The van der Waals surface area contributed by atoms with E-state index in [9.17, 15) is 14.3 Å². The third-order valence-electron chi connectivity index (χ3n) is 5.59. The molecule has 5 nitrogen and oxygen atoms in total. The van der Waals surface area contributed by atoms with Gasteiger partial charge in [0.1, 0.15) is 11.6 Å². The summed E-state index contributed by atoms with van der Waals surface area (Å²) >= 11 is 0. The maximum Gasteiger partial charge on any atom is 0.267 e. The van der Waals surface area contributed by atoms with Crippen LogP contribution in [0.3, 0.4) is 0 Å². The highest BCUT2D eigenvalue weighted by molar-refractivity contribution is 5.90. The minimum Gasteiger partial charge on any atom is -0.508 e. The number of halogens is 1. The number of nitrogens with one attached hydrogen (secondary N) is 1. The second kappa shape index (κ2) is 9.02. The van der Waals surface area contributed by atoms with Gasteiger partial charge in [-0.05, 0) is 77.6 Å². The minimum atomic E-state index is -0.582. The monoisotopic (exact) mass is 418 g/mol. The molecule has 0 radical (unpaired) electrons. The van der Waals surface area contributed by atoms with Crippen molar-refractivity contribution in [2.45, 2.75) is 18.9 Å². The Labute approximate surface area is 180 Å². The predicted molar refractivity (Wildman–Crippen MR) is 117 cm³/mol. The van der Waals surface area contributed by atoms with E-state index < -0.39 is 5.91 Å². The molecule has 1 unspecified atom stereocenters. The number of rotatable bonds is 5. The van der Waals surface area contributed by atoms with Crippen molar-refractivity contribution in [2.24, 2.45) is 0 Å². The molecule has 0 saturated heterocycles. The number of hydrogen-bond donors (Lipinski definition) is 3. The van der Waals surface area contributed by atoms with Gasteiger partial charge in [0, 0.05) is 18.3 Å². The first-order valence-corrected chi connectivity index (χ1v) is 10.1. The van der Waals surface area contributed by atoms with Crippen LogP contribution in [0.25, 0.3) is 6.08 Å². The van der Waals surface area contributed by atoms with Gasteiger partial charge in [0.15, 0.2) is 0 Å². The number of hydrogen-bond acceptors (Lipinski definition) is 4. The van der Waals surface area contributed by atoms with E-state index in [4.69, 9.17) is 5.21 Å². The molecule has 0 saturated carbocycles. The van der Waals surface area contributed by atoms with Crippen LogP contribution in [0, 0.1) is 5.82 Å². The highest BCUT2D eigenvalue weighted by atomic mass is 19.1. The van der Waals surface area contributed by atoms with Crippen LogP contribution in [-0.4, -0.2) is 22.8 Å². The molecule has 0 aliphatic carbocycles. The van der Waals surface area contributed by atoms with Gasteiger partial charge in [0.05, 0.1) is 6.04 Å². The molecule has 1 aliphatic heterocycles. The standard InChI is InChI=1S/C25H23FN2O3/c26-20-6-8-21(9-7-20)28-14-13-19-16-22(29)10-11-23(19)24(28)15-18-3-1-17(2-4-18)5-12-25(30)27-31/h1-12,16,24,29,31H,13-15H2,(H,27,30). The number of amides is 1. The number of carbonyl (C=O) groups excluding carboxylic acids is 1. The summed E-state index contributed by atoms with van der Waals surface area (Å²) in [7, 11) is 0. The number of phenolic OH excluding ortho intramolecular Hbond substituents is 1. The third kappa shape index (κ3) is 4.75. The molecule has 6 heteroatoms. The largest absolute Gasteiger partial charge is 0.508 e. The van der Waals surface area contributed by atoms with Crippen molar-refractivity contribution in [2.75, 3.05) is 11.4 Å². The van der Waals surface area contributed by atoms with E-state index in [1.165, 1.54) is 18.2 Å². The lowest BCUT2D eigenvalue weighted by Gasteiger charge is -2.39. The fraction of sp³-hybridized carbons (Fsp3) is 0.160. The topological polar surface area (TPSA) is 72.8 Å². The minimum absolute atomic E-state index is 0.0383. The zero-order chi connectivity index (χ0) is 21.8. The van der Waals surface area contributed by atoms with E-state index in [1.807, 2.05) is 36.4 Å². The van der Waals surface area contributed by atoms with Gasteiger partial charge in [-0.1, -0.05) is 30.3 Å². The van der Waals surface area contributed by atoms with E-state index in [0.29, 0.717) is 0 Å². The normalized spacial score (nSPS) is 15.7. The third-order valence-corrected chi connectivity index (χ3v) is 5.59. The number of benzene rings is 3. The van der Waals surface area contributed by atoms with E-state index >= 15 is 0 Å². The Kier molecular flexibility index (Phi) is 6.00. The maximum atomic E-state index is 13.5. The van der Waals surface area contributed by atoms with Crippen LogP contribution in [0.15, 0.2) is 72.8 Å². The smallest absolute Gasteiger partial charge is 0.267 e. The molecular weight excluding hydrogens is 395 g/mol. The highest BCUT2D eigenvalue weighted by Crippen LogP contribution is 2.37. The summed E-state index contributed by atoms with van der Waals surface area (Å²) in [5.74, 6) is -0.585. The van der Waals surface area contributed by atoms with Crippen LogP contribution in [0.1, 0.15) is 28.3 Å². The first kappa shape index (κ1) is 20.6. The zero-order valence-electron chi connectivity index (χ0n) is 16.8. The Balaban J connectivity index is 1.63. The van der Waals surface area contributed by atoms with Gasteiger partial charge in [-0.15, -0.1) is 0 Å². The van der Waals surface area contributed by atoms with Crippen molar-refractivity contribution < 1.29 is 19.5 Å². The number of phenols is 1. The van der Waals surface area contributed by atoms with Crippen LogP contribution in [0.2, 0.25) is 0 Å². The SMILES string of the molecule is O=C(C=Cc1ccc(CC2c3ccc(O)cc3CCN2c2ccc(F)cc2)cc1)NO. The molecule has 1 aliphatic rings. The zero-order valence-corrected chi connectivity index (χ0v) is 16.8. The van der Waals surface area contributed by atoms with Crippen LogP contribution in [0.4, 0.5) is 10.1 Å². The molecule has 3 aromatic carbocycles. The van der Waals surface area contributed by atoms with Gasteiger partial charge in [-0.3, -0.25) is 10.0 Å². The molecular formula is C25H23FN2O3. The fourth-order valence-corrected chi connectivity index (χ4v) is 4.06. The first-order valence-electron chi connectivity index (χ1n) is 10.1. The van der Waals surface area contributed by atoms with Crippen molar-refractivity contribution in [3.05, 3.63) is 101 Å². The average Bonchev–Trinajstić information content (AvgIpc) is 2.79. The Bertz CT molecular complexity index is 1090. The number of aromatic hydroxyl groups is 1. The maximum absolute atomic E-state index is 13.5. The molecule has 0 bridgehead atoms. The Morgan fingerprint density at radius 3 is 2.55 bits per heavy atom. The van der Waals surface area contributed by atoms with Crippen LogP contribution in [-0.2, 0) is 17.6 Å².